The second-order valence-electron chi connectivity index (χ2n) is 7.80. The van der Waals surface area contributed by atoms with E-state index in [2.05, 4.69) is 22.9 Å². The molecule has 2 fully saturated rings. The van der Waals surface area contributed by atoms with E-state index in [1.165, 1.54) is 11.8 Å². The highest BCUT2D eigenvalue weighted by Gasteiger charge is 2.42. The van der Waals surface area contributed by atoms with Crippen LogP contribution in [0.1, 0.15) is 51.0 Å². The molecule has 2 amide bonds. The van der Waals surface area contributed by atoms with Gasteiger partial charge in [-0.3, -0.25) is 14.5 Å². The van der Waals surface area contributed by atoms with Crippen LogP contribution in [0.3, 0.4) is 0 Å². The van der Waals surface area contributed by atoms with E-state index in [1.807, 2.05) is 23.1 Å². The van der Waals surface area contributed by atoms with Gasteiger partial charge in [-0.2, -0.15) is 0 Å². The third-order valence-electron chi connectivity index (χ3n) is 5.70. The first kappa shape index (κ1) is 22.0. The lowest BCUT2D eigenvalue weighted by molar-refractivity contribution is -0.123. The maximum absolute atomic E-state index is 13.4. The molecule has 1 aromatic carbocycles. The van der Waals surface area contributed by atoms with Crippen LogP contribution in [-0.2, 0) is 14.3 Å². The van der Waals surface area contributed by atoms with Gasteiger partial charge in [0.2, 0.25) is 0 Å². The summed E-state index contributed by atoms with van der Waals surface area (Å²) in [6.07, 6.45) is 6.30. The molecule has 0 radical (unpaired) electrons. The molecule has 0 spiro atoms. The Hall–Kier alpha value is -1.22. The molecular weight excluding hydrogens is 484 g/mol. The Kier molecular flexibility index (Phi) is 6.97. The SMILES string of the molecule is CCCCCCN1C(=O)/C(=C2\SC(=S)N(C[C@H]3CCCO3)C2=O)c2cc(Br)ccc21. The molecule has 0 saturated carbocycles. The van der Waals surface area contributed by atoms with Gasteiger partial charge in [0.05, 0.1) is 28.8 Å². The number of fused-ring (bicyclic) bond motifs is 1. The minimum absolute atomic E-state index is 0.0209. The fourth-order valence-corrected chi connectivity index (χ4v) is 5.85. The van der Waals surface area contributed by atoms with Gasteiger partial charge < -0.3 is 9.64 Å². The normalized spacial score (nSPS) is 23.8. The maximum Gasteiger partial charge on any atom is 0.267 e. The molecule has 2 saturated heterocycles. The smallest absolute Gasteiger partial charge is 0.267 e. The first-order valence-corrected chi connectivity index (χ1v) is 12.5. The largest absolute Gasteiger partial charge is 0.376 e. The van der Waals surface area contributed by atoms with Crippen LogP contribution in [0.2, 0.25) is 0 Å². The summed E-state index contributed by atoms with van der Waals surface area (Å²) in [5, 5.41) is 0. The van der Waals surface area contributed by atoms with Crippen LogP contribution in [0.4, 0.5) is 5.69 Å². The first-order chi connectivity index (χ1) is 14.5. The predicted molar refractivity (Wildman–Crippen MR) is 128 cm³/mol. The van der Waals surface area contributed by atoms with Crippen LogP contribution in [0.15, 0.2) is 27.6 Å². The summed E-state index contributed by atoms with van der Waals surface area (Å²) in [6.45, 7) is 4.02. The number of ether oxygens (including phenoxy) is 1. The van der Waals surface area contributed by atoms with Crippen molar-refractivity contribution < 1.29 is 14.3 Å². The van der Waals surface area contributed by atoms with E-state index < -0.39 is 0 Å². The average Bonchev–Trinajstić information content (AvgIpc) is 3.40. The molecular formula is C22H25BrN2O3S2. The summed E-state index contributed by atoms with van der Waals surface area (Å²) in [5.74, 6) is -0.278. The molecule has 0 aromatic heterocycles. The highest BCUT2D eigenvalue weighted by Crippen LogP contribution is 2.45. The number of benzene rings is 1. The van der Waals surface area contributed by atoms with Gasteiger partial charge in [0, 0.05) is 23.2 Å². The van der Waals surface area contributed by atoms with Crippen molar-refractivity contribution in [2.75, 3.05) is 24.6 Å². The van der Waals surface area contributed by atoms with E-state index >= 15 is 0 Å². The second-order valence-corrected chi connectivity index (χ2v) is 10.4. The summed E-state index contributed by atoms with van der Waals surface area (Å²) >= 11 is 10.3. The third-order valence-corrected chi connectivity index (χ3v) is 7.64. The first-order valence-electron chi connectivity index (χ1n) is 10.5. The van der Waals surface area contributed by atoms with Crippen molar-refractivity contribution in [2.24, 2.45) is 0 Å². The lowest BCUT2D eigenvalue weighted by Gasteiger charge is -2.18. The van der Waals surface area contributed by atoms with Gasteiger partial charge in [-0.25, -0.2) is 0 Å². The van der Waals surface area contributed by atoms with Crippen molar-refractivity contribution in [3.05, 3.63) is 33.1 Å². The minimum atomic E-state index is -0.178. The molecule has 0 aliphatic carbocycles. The van der Waals surface area contributed by atoms with Crippen LogP contribution in [0.25, 0.3) is 5.57 Å². The number of amides is 2. The Morgan fingerprint density at radius 1 is 1.20 bits per heavy atom. The second kappa shape index (κ2) is 9.51. The van der Waals surface area contributed by atoms with Gasteiger partial charge in [0.25, 0.3) is 11.8 Å². The van der Waals surface area contributed by atoms with E-state index in [0.29, 0.717) is 27.9 Å². The predicted octanol–water partition coefficient (Wildman–Crippen LogP) is 5.13. The molecule has 1 atom stereocenters. The summed E-state index contributed by atoms with van der Waals surface area (Å²) in [6, 6.07) is 5.83. The fraction of sp³-hybridized carbons (Fsp3) is 0.500. The van der Waals surface area contributed by atoms with Crippen molar-refractivity contribution >= 4 is 67.3 Å². The van der Waals surface area contributed by atoms with Crippen LogP contribution in [-0.4, -0.2) is 46.8 Å². The van der Waals surface area contributed by atoms with Gasteiger partial charge in [-0.15, -0.1) is 0 Å². The summed E-state index contributed by atoms with van der Waals surface area (Å²) in [5.41, 5.74) is 2.16. The third kappa shape index (κ3) is 4.24. The van der Waals surface area contributed by atoms with Gasteiger partial charge in [-0.1, -0.05) is 66.1 Å². The quantitative estimate of drug-likeness (QED) is 0.290. The zero-order valence-electron chi connectivity index (χ0n) is 17.0. The van der Waals surface area contributed by atoms with Crippen LogP contribution in [0, 0.1) is 0 Å². The average molecular weight is 509 g/mol. The van der Waals surface area contributed by atoms with E-state index in [1.54, 1.807) is 4.90 Å². The molecule has 0 bridgehead atoms. The molecule has 1 aromatic rings. The van der Waals surface area contributed by atoms with Gasteiger partial charge in [-0.05, 0) is 37.5 Å². The number of anilines is 1. The number of unbranched alkanes of at least 4 members (excludes halogenated alkanes) is 3. The number of hydrogen-bond acceptors (Lipinski definition) is 5. The number of halogens is 1. The van der Waals surface area contributed by atoms with E-state index in [0.717, 1.165) is 60.9 Å². The van der Waals surface area contributed by atoms with E-state index in [-0.39, 0.29) is 17.9 Å². The molecule has 5 nitrogen and oxygen atoms in total. The number of rotatable bonds is 7. The number of nitrogens with zero attached hydrogens (tertiary/aromatic N) is 2. The molecule has 160 valence electrons. The Labute approximate surface area is 195 Å². The number of thiocarbonyl (C=S) groups is 1. The minimum Gasteiger partial charge on any atom is -0.376 e. The lowest BCUT2D eigenvalue weighted by Crippen LogP contribution is -2.35. The number of carbonyl (C=O) groups is 2. The van der Waals surface area contributed by atoms with Gasteiger partial charge in [0.15, 0.2) is 0 Å². The fourth-order valence-electron chi connectivity index (χ4n) is 4.14. The number of thioether (sulfide) groups is 1. The number of hydrogen-bond donors (Lipinski definition) is 0. The molecule has 0 unspecified atom stereocenters. The summed E-state index contributed by atoms with van der Waals surface area (Å²) < 4.78 is 7.07. The van der Waals surface area contributed by atoms with Crippen molar-refractivity contribution in [1.82, 2.24) is 4.90 Å². The molecule has 4 rings (SSSR count). The van der Waals surface area contributed by atoms with Crippen molar-refractivity contribution in [1.29, 1.82) is 0 Å². The highest BCUT2D eigenvalue weighted by molar-refractivity contribution is 9.10. The Bertz CT molecular complexity index is 912. The zero-order valence-corrected chi connectivity index (χ0v) is 20.2. The van der Waals surface area contributed by atoms with Crippen molar-refractivity contribution in [2.45, 2.75) is 51.6 Å². The zero-order chi connectivity index (χ0) is 21.3. The summed E-state index contributed by atoms with van der Waals surface area (Å²) in [7, 11) is 0. The molecule has 30 heavy (non-hydrogen) atoms. The summed E-state index contributed by atoms with van der Waals surface area (Å²) in [4.78, 5) is 30.6. The lowest BCUT2D eigenvalue weighted by atomic mass is 10.1. The molecule has 3 heterocycles. The Balaban J connectivity index is 1.64. The van der Waals surface area contributed by atoms with Gasteiger partial charge >= 0.3 is 0 Å². The number of carbonyl (C=O) groups excluding carboxylic acids is 2. The van der Waals surface area contributed by atoms with Crippen molar-refractivity contribution in [3.63, 3.8) is 0 Å². The Morgan fingerprint density at radius 2 is 2.03 bits per heavy atom. The van der Waals surface area contributed by atoms with Crippen LogP contribution in [0.5, 0.6) is 0 Å². The standard InChI is InChI=1S/C22H25BrN2O3S2/c1-2-3-4-5-10-24-17-9-8-14(23)12-16(17)18(20(24)26)19-21(27)25(22(29)30-19)13-15-7-6-11-28-15/h8-9,12,15H,2-7,10-11,13H2,1H3/b19-18-/t15-/m1/s1. The van der Waals surface area contributed by atoms with Crippen LogP contribution < -0.4 is 4.90 Å². The van der Waals surface area contributed by atoms with E-state index in [9.17, 15) is 9.59 Å². The monoisotopic (exact) mass is 508 g/mol. The van der Waals surface area contributed by atoms with E-state index in [4.69, 9.17) is 17.0 Å². The topological polar surface area (TPSA) is 49.9 Å². The highest BCUT2D eigenvalue weighted by atomic mass is 79.9. The molecule has 3 aliphatic heterocycles. The Morgan fingerprint density at radius 3 is 2.77 bits per heavy atom. The molecule has 3 aliphatic rings. The van der Waals surface area contributed by atoms with Crippen molar-refractivity contribution in [3.8, 4) is 0 Å². The molecule has 0 N–H and O–H groups in total. The van der Waals surface area contributed by atoms with Crippen LogP contribution >= 0.6 is 39.9 Å². The molecule has 8 heteroatoms. The maximum atomic E-state index is 13.4. The van der Waals surface area contributed by atoms with Gasteiger partial charge in [0.1, 0.15) is 4.32 Å².